The van der Waals surface area contributed by atoms with Gasteiger partial charge >= 0.3 is 0 Å². The third kappa shape index (κ3) is 8.19. The second-order valence-corrected chi connectivity index (χ2v) is 8.08. The smallest absolute Gasteiger partial charge is 0.132 e. The summed E-state index contributed by atoms with van der Waals surface area (Å²) in [6.45, 7) is 11.4. The molecule has 0 heterocycles. The molecule has 0 aromatic rings. The van der Waals surface area contributed by atoms with Crippen molar-refractivity contribution in [2.75, 3.05) is 19.8 Å². The maximum absolute atomic E-state index is 9.20. The van der Waals surface area contributed by atoms with Crippen LogP contribution in [0.3, 0.4) is 0 Å². The molecule has 0 spiro atoms. The molecule has 4 heteroatoms. The van der Waals surface area contributed by atoms with Crippen LogP contribution in [0, 0.1) is 34.0 Å². The van der Waals surface area contributed by atoms with Gasteiger partial charge in [-0.1, -0.05) is 53.4 Å². The van der Waals surface area contributed by atoms with Gasteiger partial charge in [-0.05, 0) is 48.7 Å². The summed E-state index contributed by atoms with van der Waals surface area (Å²) >= 11 is 0. The van der Waals surface area contributed by atoms with Crippen LogP contribution in [0.2, 0.25) is 0 Å². The van der Waals surface area contributed by atoms with Gasteiger partial charge in [0.15, 0.2) is 0 Å². The van der Waals surface area contributed by atoms with Crippen LogP contribution in [0.15, 0.2) is 22.9 Å². The second kappa shape index (κ2) is 12.6. The molecule has 0 aromatic heterocycles. The summed E-state index contributed by atoms with van der Waals surface area (Å²) in [7, 11) is 0. The Morgan fingerprint density at radius 3 is 2.56 bits per heavy atom. The van der Waals surface area contributed by atoms with Crippen molar-refractivity contribution in [2.45, 2.75) is 79.1 Å². The average molecular weight is 372 g/mol. The maximum atomic E-state index is 9.20. The van der Waals surface area contributed by atoms with E-state index in [0.29, 0.717) is 5.92 Å². The van der Waals surface area contributed by atoms with E-state index >= 15 is 0 Å². The van der Waals surface area contributed by atoms with E-state index in [1.807, 2.05) is 18.2 Å². The Kier molecular flexibility index (Phi) is 10.8. The molecule has 1 N–H and O–H groups in total. The third-order valence-electron chi connectivity index (χ3n) is 5.70. The monoisotopic (exact) mass is 371 g/mol. The van der Waals surface area contributed by atoms with Crippen LogP contribution in [-0.4, -0.2) is 19.8 Å². The van der Waals surface area contributed by atoms with Gasteiger partial charge in [-0.2, -0.15) is 10.5 Å². The Hall–Kier alpha value is -1.78. The highest BCUT2D eigenvalue weighted by atomic mass is 16.5. The van der Waals surface area contributed by atoms with Crippen molar-refractivity contribution >= 4 is 0 Å². The fourth-order valence-corrected chi connectivity index (χ4v) is 3.56. The molecular weight excluding hydrogens is 334 g/mol. The van der Waals surface area contributed by atoms with Crippen LogP contribution in [0.1, 0.15) is 79.1 Å². The van der Waals surface area contributed by atoms with Crippen LogP contribution in [-0.2, 0) is 4.74 Å². The van der Waals surface area contributed by atoms with E-state index in [4.69, 9.17) is 4.74 Å². The number of allylic oxidation sites excluding steroid dienone is 4. The van der Waals surface area contributed by atoms with Gasteiger partial charge in [-0.15, -0.1) is 0 Å². The zero-order chi connectivity index (χ0) is 20.1. The average Bonchev–Trinajstić information content (AvgIpc) is 2.67. The van der Waals surface area contributed by atoms with Gasteiger partial charge in [0.1, 0.15) is 17.7 Å². The van der Waals surface area contributed by atoms with Crippen LogP contribution in [0.4, 0.5) is 0 Å². The summed E-state index contributed by atoms with van der Waals surface area (Å²) in [5, 5.41) is 21.9. The van der Waals surface area contributed by atoms with E-state index in [9.17, 15) is 10.5 Å². The highest BCUT2D eigenvalue weighted by Crippen LogP contribution is 2.41. The third-order valence-corrected chi connectivity index (χ3v) is 5.70. The van der Waals surface area contributed by atoms with E-state index in [0.717, 1.165) is 56.7 Å². The number of unbranched alkanes of at least 4 members (excludes halogenated alkanes) is 1. The summed E-state index contributed by atoms with van der Waals surface area (Å²) in [4.78, 5) is 0. The molecule has 150 valence electrons. The Morgan fingerprint density at radius 1 is 1.22 bits per heavy atom. The Balaban J connectivity index is 2.48. The van der Waals surface area contributed by atoms with Crippen molar-refractivity contribution in [3.05, 3.63) is 22.9 Å². The highest BCUT2D eigenvalue weighted by Gasteiger charge is 2.30. The Morgan fingerprint density at radius 2 is 1.96 bits per heavy atom. The van der Waals surface area contributed by atoms with Crippen molar-refractivity contribution in [2.24, 2.45) is 11.3 Å². The minimum atomic E-state index is 0.107. The first kappa shape index (κ1) is 23.3. The fraction of sp³-hybridized carbons (Fsp3) is 0.739. The van der Waals surface area contributed by atoms with E-state index < -0.39 is 0 Å². The van der Waals surface area contributed by atoms with Crippen molar-refractivity contribution in [3.8, 4) is 12.1 Å². The topological polar surface area (TPSA) is 68.8 Å². The van der Waals surface area contributed by atoms with Crippen molar-refractivity contribution in [1.29, 1.82) is 10.5 Å². The number of nitrogens with zero attached hydrogens (tertiary/aromatic N) is 2. The molecule has 0 aromatic carbocycles. The summed E-state index contributed by atoms with van der Waals surface area (Å²) in [5.74, 6) is 0.687. The predicted octanol–water partition coefficient (Wildman–Crippen LogP) is 5.64. The van der Waals surface area contributed by atoms with Gasteiger partial charge in [0.25, 0.3) is 0 Å². The van der Waals surface area contributed by atoms with E-state index in [1.165, 1.54) is 25.7 Å². The van der Waals surface area contributed by atoms with Crippen molar-refractivity contribution in [3.63, 3.8) is 0 Å². The first-order valence-electron chi connectivity index (χ1n) is 10.6. The number of ether oxygens (including phenoxy) is 1. The van der Waals surface area contributed by atoms with Crippen LogP contribution in [0.5, 0.6) is 0 Å². The number of hydrogen-bond acceptors (Lipinski definition) is 4. The quantitative estimate of drug-likeness (QED) is 0.356. The number of hydrogen-bond donors (Lipinski definition) is 1. The van der Waals surface area contributed by atoms with E-state index in [1.54, 1.807) is 0 Å². The zero-order valence-corrected chi connectivity index (χ0v) is 17.7. The molecular formula is C23H37N3O. The number of nitrogens with one attached hydrogen (secondary N) is 1. The minimum absolute atomic E-state index is 0.107. The predicted molar refractivity (Wildman–Crippen MR) is 111 cm³/mol. The number of rotatable bonds is 12. The molecule has 1 rings (SSSR count). The van der Waals surface area contributed by atoms with E-state index in [-0.39, 0.29) is 11.0 Å². The van der Waals surface area contributed by atoms with Gasteiger partial charge in [0, 0.05) is 25.5 Å². The van der Waals surface area contributed by atoms with Crippen LogP contribution < -0.4 is 5.32 Å². The molecule has 4 nitrogen and oxygen atoms in total. The van der Waals surface area contributed by atoms with E-state index in [2.05, 4.69) is 33.0 Å². The zero-order valence-electron chi connectivity index (χ0n) is 17.7. The molecule has 2 unspecified atom stereocenters. The number of nitriles is 2. The lowest BCUT2D eigenvalue weighted by atomic mass is 9.73. The lowest BCUT2D eigenvalue weighted by molar-refractivity contribution is 0.0923. The summed E-state index contributed by atoms with van der Waals surface area (Å²) in [5.41, 5.74) is 2.36. The summed E-state index contributed by atoms with van der Waals surface area (Å²) < 4.78 is 5.87. The molecule has 27 heavy (non-hydrogen) atoms. The molecule has 0 radical (unpaired) electrons. The molecule has 0 aliphatic heterocycles. The van der Waals surface area contributed by atoms with Crippen molar-refractivity contribution in [1.82, 2.24) is 5.32 Å². The first-order chi connectivity index (χ1) is 13.0. The molecule has 1 aliphatic rings. The Bertz CT molecular complexity index is 578. The van der Waals surface area contributed by atoms with Crippen LogP contribution >= 0.6 is 0 Å². The molecule has 0 saturated carbocycles. The molecule has 0 saturated heterocycles. The van der Waals surface area contributed by atoms with Gasteiger partial charge in [0.05, 0.1) is 0 Å². The van der Waals surface area contributed by atoms with Gasteiger partial charge in [-0.3, -0.25) is 0 Å². The molecule has 0 amide bonds. The highest BCUT2D eigenvalue weighted by molar-refractivity contribution is 5.47. The first-order valence-corrected chi connectivity index (χ1v) is 10.6. The second-order valence-electron chi connectivity index (χ2n) is 8.08. The van der Waals surface area contributed by atoms with Gasteiger partial charge in [0.2, 0.25) is 0 Å². The summed E-state index contributed by atoms with van der Waals surface area (Å²) in [6.07, 6.45) is 10.8. The minimum Gasteiger partial charge on any atom is -0.388 e. The van der Waals surface area contributed by atoms with Crippen molar-refractivity contribution < 1.29 is 4.74 Å². The lowest BCUT2D eigenvalue weighted by Crippen LogP contribution is -2.28. The summed E-state index contributed by atoms with van der Waals surface area (Å²) in [6, 6.07) is 4.09. The maximum Gasteiger partial charge on any atom is 0.132 e. The SMILES string of the molecule is CCCCC(CC)COCCCNC1=CC(=C(C#N)C#N)CC(C)(CC)C1. The normalized spacial score (nSPS) is 20.4. The Labute approximate surface area is 166 Å². The van der Waals surface area contributed by atoms with Crippen LogP contribution in [0.25, 0.3) is 0 Å². The standard InChI is InChI=1S/C23H37N3O/c1-5-8-10-19(6-2)18-27-12-9-11-26-22-13-20(21(16-24)17-25)14-23(4,7-3)15-22/h13,19,26H,5-12,14-15,18H2,1-4H3. The molecule has 0 bridgehead atoms. The lowest BCUT2D eigenvalue weighted by Gasteiger charge is -2.34. The van der Waals surface area contributed by atoms with Gasteiger partial charge in [-0.25, -0.2) is 0 Å². The molecule has 2 atom stereocenters. The molecule has 0 fully saturated rings. The molecule has 1 aliphatic carbocycles. The van der Waals surface area contributed by atoms with Gasteiger partial charge < -0.3 is 10.1 Å². The largest absolute Gasteiger partial charge is 0.388 e. The fourth-order valence-electron chi connectivity index (χ4n) is 3.56.